The minimum Gasteiger partial charge on any atom is -0.454 e. The molecule has 31 heavy (non-hydrogen) atoms. The lowest BCUT2D eigenvalue weighted by molar-refractivity contribution is -0.148. The van der Waals surface area contributed by atoms with E-state index in [0.29, 0.717) is 24.6 Å². The van der Waals surface area contributed by atoms with Crippen LogP contribution in [0.5, 0.6) is 11.5 Å². The highest BCUT2D eigenvalue weighted by Gasteiger charge is 2.23. The van der Waals surface area contributed by atoms with Crippen LogP contribution in [0.4, 0.5) is 5.69 Å². The number of rotatable bonds is 5. The minimum absolute atomic E-state index is 0.176. The van der Waals surface area contributed by atoms with Crippen LogP contribution in [0.15, 0.2) is 42.5 Å². The Morgan fingerprint density at radius 3 is 2.61 bits per heavy atom. The monoisotopic (exact) mass is 422 g/mol. The normalized spacial score (nSPS) is 15.4. The van der Waals surface area contributed by atoms with Crippen molar-refractivity contribution in [2.24, 2.45) is 0 Å². The van der Waals surface area contributed by atoms with Gasteiger partial charge < -0.3 is 24.0 Å². The van der Waals surface area contributed by atoms with E-state index in [1.165, 1.54) is 22.9 Å². The third-order valence-corrected chi connectivity index (χ3v) is 5.70. The highest BCUT2D eigenvalue weighted by atomic mass is 16.7. The summed E-state index contributed by atoms with van der Waals surface area (Å²) in [6, 6.07) is 11.7. The number of nitrogens with zero attached hydrogens (tertiary/aromatic N) is 2. The molecule has 2 heterocycles. The summed E-state index contributed by atoms with van der Waals surface area (Å²) in [6.45, 7) is 6.90. The van der Waals surface area contributed by atoms with Gasteiger partial charge in [0.1, 0.15) is 0 Å². The van der Waals surface area contributed by atoms with Crippen molar-refractivity contribution in [2.45, 2.75) is 13.8 Å². The number of ether oxygens (including phenoxy) is 3. The number of piperazine rings is 1. The number of fused-ring (bicyclic) bond motifs is 1. The van der Waals surface area contributed by atoms with Crippen LogP contribution in [0.25, 0.3) is 6.08 Å². The second-order valence-electron chi connectivity index (χ2n) is 7.64. The number of carbonyl (C=O) groups is 2. The van der Waals surface area contributed by atoms with Gasteiger partial charge in [-0.05, 0) is 54.8 Å². The fourth-order valence-electron chi connectivity index (χ4n) is 3.73. The van der Waals surface area contributed by atoms with Gasteiger partial charge in [-0.3, -0.25) is 4.79 Å². The fraction of sp³-hybridized carbons (Fsp3) is 0.333. The number of hydrogen-bond donors (Lipinski definition) is 0. The first-order chi connectivity index (χ1) is 15.0. The van der Waals surface area contributed by atoms with Crippen molar-refractivity contribution >= 4 is 23.6 Å². The summed E-state index contributed by atoms with van der Waals surface area (Å²) in [5.74, 6) is 0.596. The van der Waals surface area contributed by atoms with Crippen LogP contribution in [0.3, 0.4) is 0 Å². The van der Waals surface area contributed by atoms with Crippen LogP contribution in [-0.2, 0) is 14.3 Å². The van der Waals surface area contributed by atoms with Crippen molar-refractivity contribution < 1.29 is 23.8 Å². The van der Waals surface area contributed by atoms with E-state index in [1.54, 1.807) is 23.1 Å². The summed E-state index contributed by atoms with van der Waals surface area (Å²) in [7, 11) is 0. The van der Waals surface area contributed by atoms with Gasteiger partial charge in [-0.15, -0.1) is 0 Å². The molecule has 4 rings (SSSR count). The molecule has 162 valence electrons. The molecule has 0 unspecified atom stereocenters. The number of anilines is 1. The van der Waals surface area contributed by atoms with Crippen LogP contribution >= 0.6 is 0 Å². The third-order valence-electron chi connectivity index (χ3n) is 5.70. The van der Waals surface area contributed by atoms with Crippen molar-refractivity contribution in [3.63, 3.8) is 0 Å². The van der Waals surface area contributed by atoms with E-state index < -0.39 is 5.97 Å². The molecule has 1 amide bonds. The van der Waals surface area contributed by atoms with E-state index in [2.05, 4.69) is 36.9 Å². The van der Waals surface area contributed by atoms with Crippen LogP contribution in [0.2, 0.25) is 0 Å². The first-order valence-electron chi connectivity index (χ1n) is 10.3. The van der Waals surface area contributed by atoms with E-state index in [4.69, 9.17) is 14.2 Å². The Bertz CT molecular complexity index is 1010. The molecular weight excluding hydrogens is 396 g/mol. The molecule has 2 aromatic rings. The number of aryl methyl sites for hydroxylation is 1. The van der Waals surface area contributed by atoms with Crippen molar-refractivity contribution in [3.8, 4) is 11.5 Å². The van der Waals surface area contributed by atoms with Crippen molar-refractivity contribution in [3.05, 3.63) is 59.2 Å². The smallest absolute Gasteiger partial charge is 0.331 e. The van der Waals surface area contributed by atoms with Crippen LogP contribution in [0.1, 0.15) is 16.7 Å². The van der Waals surface area contributed by atoms with E-state index in [1.807, 2.05) is 6.07 Å². The maximum atomic E-state index is 12.4. The predicted molar refractivity (Wildman–Crippen MR) is 117 cm³/mol. The molecule has 0 saturated carbocycles. The summed E-state index contributed by atoms with van der Waals surface area (Å²) >= 11 is 0. The zero-order valence-corrected chi connectivity index (χ0v) is 17.8. The Balaban J connectivity index is 1.24. The Morgan fingerprint density at radius 1 is 1.03 bits per heavy atom. The number of amides is 1. The summed E-state index contributed by atoms with van der Waals surface area (Å²) in [4.78, 5) is 28.5. The third kappa shape index (κ3) is 4.82. The fourth-order valence-corrected chi connectivity index (χ4v) is 3.73. The van der Waals surface area contributed by atoms with E-state index >= 15 is 0 Å². The first kappa shape index (κ1) is 20.8. The molecule has 1 saturated heterocycles. The predicted octanol–water partition coefficient (Wildman–Crippen LogP) is 2.94. The average Bonchev–Trinajstić information content (AvgIpc) is 3.26. The lowest BCUT2D eigenvalue weighted by Crippen LogP contribution is -2.50. The zero-order chi connectivity index (χ0) is 21.8. The van der Waals surface area contributed by atoms with Crippen molar-refractivity contribution in [2.75, 3.05) is 44.5 Å². The van der Waals surface area contributed by atoms with Crippen molar-refractivity contribution in [1.29, 1.82) is 0 Å². The quantitative estimate of drug-likeness (QED) is 0.545. The van der Waals surface area contributed by atoms with Gasteiger partial charge >= 0.3 is 5.97 Å². The maximum Gasteiger partial charge on any atom is 0.331 e. The average molecular weight is 422 g/mol. The highest BCUT2D eigenvalue weighted by molar-refractivity contribution is 5.89. The SMILES string of the molecule is Cc1cccc(N2CCN(C(=O)COC(=O)/C=C/c3ccc4c(c3)OCO4)CC2)c1C. The van der Waals surface area contributed by atoms with Gasteiger partial charge in [0, 0.05) is 37.9 Å². The number of hydrogen-bond acceptors (Lipinski definition) is 6. The van der Waals surface area contributed by atoms with Gasteiger partial charge in [-0.2, -0.15) is 0 Å². The van der Waals surface area contributed by atoms with Gasteiger partial charge in [0.25, 0.3) is 5.91 Å². The van der Waals surface area contributed by atoms with Crippen LogP contribution in [0, 0.1) is 13.8 Å². The molecule has 0 aromatic heterocycles. The van der Waals surface area contributed by atoms with E-state index in [9.17, 15) is 9.59 Å². The van der Waals surface area contributed by atoms with Gasteiger partial charge in [0.15, 0.2) is 18.1 Å². The molecule has 0 bridgehead atoms. The first-order valence-corrected chi connectivity index (χ1v) is 10.3. The lowest BCUT2D eigenvalue weighted by atomic mass is 10.1. The molecule has 7 nitrogen and oxygen atoms in total. The summed E-state index contributed by atoms with van der Waals surface area (Å²) < 4.78 is 15.7. The lowest BCUT2D eigenvalue weighted by Gasteiger charge is -2.37. The highest BCUT2D eigenvalue weighted by Crippen LogP contribution is 2.32. The second-order valence-corrected chi connectivity index (χ2v) is 7.64. The molecule has 0 aliphatic carbocycles. The Morgan fingerprint density at radius 2 is 1.81 bits per heavy atom. The summed E-state index contributed by atoms with van der Waals surface area (Å²) in [6.07, 6.45) is 2.93. The Labute approximate surface area is 181 Å². The molecule has 2 aromatic carbocycles. The number of benzene rings is 2. The number of carbonyl (C=O) groups excluding carboxylic acids is 2. The van der Waals surface area contributed by atoms with E-state index in [0.717, 1.165) is 18.7 Å². The largest absolute Gasteiger partial charge is 0.454 e. The van der Waals surface area contributed by atoms with Crippen molar-refractivity contribution in [1.82, 2.24) is 4.90 Å². The molecule has 1 fully saturated rings. The molecule has 2 aliphatic heterocycles. The number of esters is 1. The van der Waals surface area contributed by atoms with Crippen LogP contribution in [-0.4, -0.2) is 56.4 Å². The minimum atomic E-state index is -0.556. The molecular formula is C24H26N2O5. The maximum absolute atomic E-state index is 12.4. The van der Waals surface area contributed by atoms with E-state index in [-0.39, 0.29) is 19.3 Å². The molecule has 0 atom stereocenters. The molecule has 0 spiro atoms. The molecule has 7 heteroatoms. The molecule has 0 N–H and O–H groups in total. The summed E-state index contributed by atoms with van der Waals surface area (Å²) in [5.41, 5.74) is 4.53. The van der Waals surface area contributed by atoms with Gasteiger partial charge in [0.2, 0.25) is 6.79 Å². The summed E-state index contributed by atoms with van der Waals surface area (Å²) in [5, 5.41) is 0. The standard InChI is InChI=1S/C24H26N2O5/c1-17-4-3-5-20(18(17)2)25-10-12-26(13-11-25)23(27)15-29-24(28)9-7-19-6-8-21-22(14-19)31-16-30-21/h3-9,14H,10-13,15-16H2,1-2H3/b9-7+. The Kier molecular flexibility index (Phi) is 6.11. The Hall–Kier alpha value is -3.48. The second kappa shape index (κ2) is 9.12. The van der Waals surface area contributed by atoms with Gasteiger partial charge in [-0.25, -0.2) is 4.79 Å². The van der Waals surface area contributed by atoms with Crippen LogP contribution < -0.4 is 14.4 Å². The zero-order valence-electron chi connectivity index (χ0n) is 17.8. The topological polar surface area (TPSA) is 68.3 Å². The van der Waals surface area contributed by atoms with Gasteiger partial charge in [-0.1, -0.05) is 18.2 Å². The molecule has 2 aliphatic rings. The molecule has 0 radical (unpaired) electrons. The van der Waals surface area contributed by atoms with Gasteiger partial charge in [0.05, 0.1) is 0 Å².